The summed E-state index contributed by atoms with van der Waals surface area (Å²) in [6.45, 7) is 0.736. The predicted octanol–water partition coefficient (Wildman–Crippen LogP) is 0.244. The molecule has 0 unspecified atom stereocenters. The number of rotatable bonds is 6. The molecule has 88 valence electrons. The zero-order valence-electron chi connectivity index (χ0n) is 9.23. The summed E-state index contributed by atoms with van der Waals surface area (Å²) in [7, 11) is 1.61. The normalized spacial score (nSPS) is 9.88. The molecule has 1 rings (SSSR count). The number of ether oxygens (including phenoxy) is 1. The van der Waals surface area contributed by atoms with E-state index in [4.69, 9.17) is 10.6 Å². The van der Waals surface area contributed by atoms with Crippen LogP contribution in [0.25, 0.3) is 0 Å². The van der Waals surface area contributed by atoms with Crippen LogP contribution in [0.3, 0.4) is 0 Å². The summed E-state index contributed by atoms with van der Waals surface area (Å²) in [6.07, 6.45) is 0.342. The summed E-state index contributed by atoms with van der Waals surface area (Å²) >= 11 is 0. The van der Waals surface area contributed by atoms with E-state index in [-0.39, 0.29) is 5.91 Å². The number of nitrogens with one attached hydrogen (secondary N) is 1. The third-order valence-corrected chi connectivity index (χ3v) is 2.07. The number of hydrogen-bond donors (Lipinski definition) is 2. The molecule has 0 aromatic heterocycles. The highest BCUT2D eigenvalue weighted by molar-refractivity contribution is 5.78. The van der Waals surface area contributed by atoms with Crippen molar-refractivity contribution in [1.82, 2.24) is 5.32 Å². The molecule has 0 fully saturated rings. The molecule has 0 saturated carbocycles. The van der Waals surface area contributed by atoms with Crippen LogP contribution in [-0.2, 0) is 16.1 Å². The lowest BCUT2D eigenvalue weighted by atomic mass is 10.1. The number of carbonyl (C=O) groups is 1. The van der Waals surface area contributed by atoms with E-state index in [1.54, 1.807) is 7.11 Å². The lowest BCUT2D eigenvalue weighted by Crippen LogP contribution is -2.29. The fourth-order valence-electron chi connectivity index (χ4n) is 1.24. The maximum atomic E-state index is 11.4. The Kier molecular flexibility index (Phi) is 5.31. The van der Waals surface area contributed by atoms with Crippen molar-refractivity contribution in [3.05, 3.63) is 29.8 Å². The van der Waals surface area contributed by atoms with Gasteiger partial charge in [-0.25, -0.2) is 5.90 Å². The van der Waals surface area contributed by atoms with E-state index >= 15 is 0 Å². The molecule has 3 N–H and O–H groups in total. The maximum absolute atomic E-state index is 11.4. The van der Waals surface area contributed by atoms with Gasteiger partial charge in [0.2, 0.25) is 5.91 Å². The van der Waals surface area contributed by atoms with Gasteiger partial charge < -0.3 is 14.9 Å². The summed E-state index contributed by atoms with van der Waals surface area (Å²) in [6, 6.07) is 7.37. The van der Waals surface area contributed by atoms with Gasteiger partial charge in [0.05, 0.1) is 20.1 Å². The summed E-state index contributed by atoms with van der Waals surface area (Å²) in [4.78, 5) is 15.7. The number of hydrogen-bond acceptors (Lipinski definition) is 4. The van der Waals surface area contributed by atoms with Gasteiger partial charge in [-0.1, -0.05) is 12.1 Å². The fraction of sp³-hybridized carbons (Fsp3) is 0.364. The molecule has 0 aliphatic heterocycles. The van der Waals surface area contributed by atoms with Crippen LogP contribution in [0.4, 0.5) is 0 Å². The molecule has 0 radical (unpaired) electrons. The first-order chi connectivity index (χ1) is 7.76. The molecule has 0 bridgehead atoms. The molecule has 0 saturated heterocycles. The molecule has 0 atom stereocenters. The molecular formula is C11H16N2O3. The van der Waals surface area contributed by atoms with E-state index in [1.165, 1.54) is 0 Å². The van der Waals surface area contributed by atoms with Crippen LogP contribution in [0.2, 0.25) is 0 Å². The Bertz CT molecular complexity index is 325. The summed E-state index contributed by atoms with van der Waals surface area (Å²) in [5.41, 5.74) is 0.937. The van der Waals surface area contributed by atoms with E-state index in [9.17, 15) is 4.79 Å². The molecule has 0 heterocycles. The van der Waals surface area contributed by atoms with Crippen LogP contribution in [0.1, 0.15) is 5.56 Å². The zero-order valence-corrected chi connectivity index (χ0v) is 9.23. The fourth-order valence-corrected chi connectivity index (χ4v) is 1.24. The quantitative estimate of drug-likeness (QED) is 0.536. The first-order valence-corrected chi connectivity index (χ1v) is 4.97. The first kappa shape index (κ1) is 12.5. The molecular weight excluding hydrogens is 208 g/mol. The van der Waals surface area contributed by atoms with Gasteiger partial charge in [-0.15, -0.1) is 0 Å². The van der Waals surface area contributed by atoms with Gasteiger partial charge in [0.25, 0.3) is 0 Å². The van der Waals surface area contributed by atoms with E-state index in [1.807, 2.05) is 24.3 Å². The van der Waals surface area contributed by atoms with Gasteiger partial charge in [-0.2, -0.15) is 0 Å². The third kappa shape index (κ3) is 4.29. The topological polar surface area (TPSA) is 73.6 Å². The minimum Gasteiger partial charge on any atom is -0.497 e. The minimum atomic E-state index is -0.0535. The third-order valence-electron chi connectivity index (χ3n) is 2.07. The highest BCUT2D eigenvalue weighted by Crippen LogP contribution is 2.11. The molecule has 5 nitrogen and oxygen atoms in total. The lowest BCUT2D eigenvalue weighted by Gasteiger charge is -2.05. The maximum Gasteiger partial charge on any atom is 0.224 e. The van der Waals surface area contributed by atoms with Gasteiger partial charge in [-0.3, -0.25) is 4.79 Å². The summed E-state index contributed by atoms with van der Waals surface area (Å²) in [5, 5.41) is 2.69. The van der Waals surface area contributed by atoms with Crippen LogP contribution < -0.4 is 16.0 Å². The Labute approximate surface area is 94.5 Å². The smallest absolute Gasteiger partial charge is 0.224 e. The van der Waals surface area contributed by atoms with Crippen molar-refractivity contribution < 1.29 is 14.4 Å². The van der Waals surface area contributed by atoms with Crippen molar-refractivity contribution in [3.63, 3.8) is 0 Å². The number of benzene rings is 1. The molecule has 0 aliphatic carbocycles. The van der Waals surface area contributed by atoms with E-state index in [0.717, 1.165) is 11.3 Å². The number of nitrogens with two attached hydrogens (primary N) is 1. The average molecular weight is 224 g/mol. The number of amides is 1. The van der Waals surface area contributed by atoms with Crippen LogP contribution in [0, 0.1) is 0 Å². The largest absolute Gasteiger partial charge is 0.497 e. The molecule has 1 amide bonds. The Morgan fingerprint density at radius 1 is 1.38 bits per heavy atom. The van der Waals surface area contributed by atoms with Gasteiger partial charge in [0.15, 0.2) is 0 Å². The van der Waals surface area contributed by atoms with Crippen molar-refractivity contribution in [3.8, 4) is 5.75 Å². The van der Waals surface area contributed by atoms with Gasteiger partial charge in [0.1, 0.15) is 5.75 Å². The summed E-state index contributed by atoms with van der Waals surface area (Å²) < 4.78 is 5.02. The van der Waals surface area contributed by atoms with Gasteiger partial charge in [-0.05, 0) is 17.7 Å². The second-order valence-corrected chi connectivity index (χ2v) is 3.25. The van der Waals surface area contributed by atoms with Gasteiger partial charge >= 0.3 is 0 Å². The molecule has 0 aliphatic rings. The zero-order chi connectivity index (χ0) is 11.8. The monoisotopic (exact) mass is 224 g/mol. The highest BCUT2D eigenvalue weighted by Gasteiger charge is 2.02. The minimum absolute atomic E-state index is 0.0535. The molecule has 16 heavy (non-hydrogen) atoms. The van der Waals surface area contributed by atoms with Crippen molar-refractivity contribution in [2.75, 3.05) is 20.3 Å². The Morgan fingerprint density at radius 3 is 2.62 bits per heavy atom. The Hall–Kier alpha value is -1.59. The number of methoxy groups -OCH3 is 1. The van der Waals surface area contributed by atoms with Crippen LogP contribution in [-0.4, -0.2) is 26.2 Å². The average Bonchev–Trinajstić information content (AvgIpc) is 2.30. The Morgan fingerprint density at radius 2 is 2.06 bits per heavy atom. The van der Waals surface area contributed by atoms with E-state index in [2.05, 4.69) is 10.2 Å². The standard InChI is InChI=1S/C11H16N2O3/c1-15-10-4-2-9(3-5-10)8-11(14)13-6-7-16-12/h2-5H,6-8,12H2,1H3,(H,13,14). The van der Waals surface area contributed by atoms with Crippen molar-refractivity contribution >= 4 is 5.91 Å². The highest BCUT2D eigenvalue weighted by atomic mass is 16.6. The van der Waals surface area contributed by atoms with E-state index < -0.39 is 0 Å². The molecule has 5 heteroatoms. The second-order valence-electron chi connectivity index (χ2n) is 3.25. The van der Waals surface area contributed by atoms with E-state index in [0.29, 0.717) is 19.6 Å². The molecule has 1 aromatic rings. The van der Waals surface area contributed by atoms with Crippen molar-refractivity contribution in [2.24, 2.45) is 5.90 Å². The molecule has 1 aromatic carbocycles. The Balaban J connectivity index is 2.37. The number of carbonyl (C=O) groups excluding carboxylic acids is 1. The van der Waals surface area contributed by atoms with Crippen LogP contribution in [0.5, 0.6) is 5.75 Å². The SMILES string of the molecule is COc1ccc(CC(=O)NCCON)cc1. The predicted molar refractivity (Wildman–Crippen MR) is 59.8 cm³/mol. The lowest BCUT2D eigenvalue weighted by molar-refractivity contribution is -0.120. The van der Waals surface area contributed by atoms with Crippen LogP contribution in [0.15, 0.2) is 24.3 Å². The second kappa shape index (κ2) is 6.81. The van der Waals surface area contributed by atoms with Crippen molar-refractivity contribution in [2.45, 2.75) is 6.42 Å². The summed E-state index contributed by atoms with van der Waals surface area (Å²) in [5.74, 6) is 5.56. The van der Waals surface area contributed by atoms with Crippen molar-refractivity contribution in [1.29, 1.82) is 0 Å². The van der Waals surface area contributed by atoms with Gasteiger partial charge in [0, 0.05) is 6.54 Å². The first-order valence-electron chi connectivity index (χ1n) is 4.97. The molecule has 0 spiro atoms. The van der Waals surface area contributed by atoms with Crippen LogP contribution >= 0.6 is 0 Å².